The van der Waals surface area contributed by atoms with Crippen molar-refractivity contribution in [2.24, 2.45) is 0 Å². The van der Waals surface area contributed by atoms with Crippen LogP contribution in [0.2, 0.25) is 0 Å². The van der Waals surface area contributed by atoms with E-state index in [4.69, 9.17) is 61.3 Å². The first kappa shape index (κ1) is 48.1. The zero-order valence-corrected chi connectivity index (χ0v) is 35.6. The molecule has 0 saturated carbocycles. The molecule has 0 amide bonds. The van der Waals surface area contributed by atoms with Crippen molar-refractivity contribution in [1.82, 2.24) is 0 Å². The molecule has 64 heavy (non-hydrogen) atoms. The fourth-order valence-electron chi connectivity index (χ4n) is 6.82. The van der Waals surface area contributed by atoms with Gasteiger partial charge >= 0.3 is 47.8 Å². The van der Waals surface area contributed by atoms with Crippen molar-refractivity contribution in [2.45, 2.75) is 111 Å². The summed E-state index contributed by atoms with van der Waals surface area (Å²) in [5, 5.41) is -0.193. The highest BCUT2D eigenvalue weighted by Gasteiger charge is 2.54. The molecule has 0 N–H and O–H groups in total. The van der Waals surface area contributed by atoms with Crippen molar-refractivity contribution in [1.29, 1.82) is 0 Å². The van der Waals surface area contributed by atoms with Gasteiger partial charge < -0.3 is 61.3 Å². The van der Waals surface area contributed by atoms with Gasteiger partial charge in [-0.1, -0.05) is 12.1 Å². The number of rotatable bonds is 14. The van der Waals surface area contributed by atoms with Crippen LogP contribution in [-0.2, 0) is 81.0 Å². The quantitative estimate of drug-likeness (QED) is 0.128. The average molecular weight is 901 g/mol. The molecule has 2 saturated heterocycles. The predicted molar refractivity (Wildman–Crippen MR) is 209 cm³/mol. The number of carbonyl (C=O) groups excluding carboxylic acids is 8. The van der Waals surface area contributed by atoms with Crippen molar-refractivity contribution < 1.29 is 99.6 Å². The van der Waals surface area contributed by atoms with Crippen LogP contribution in [0.15, 0.2) is 51.9 Å². The summed E-state index contributed by atoms with van der Waals surface area (Å²) in [6.07, 6.45) is -12.9. The summed E-state index contributed by atoms with van der Waals surface area (Å²) in [6.45, 7) is 7.55. The van der Waals surface area contributed by atoms with Crippen molar-refractivity contribution >= 4 is 58.7 Å². The van der Waals surface area contributed by atoms with E-state index in [-0.39, 0.29) is 33.8 Å². The zero-order valence-electron chi connectivity index (χ0n) is 35.6. The van der Waals surface area contributed by atoms with Gasteiger partial charge in [0, 0.05) is 67.5 Å². The van der Waals surface area contributed by atoms with Crippen LogP contribution in [0, 0.1) is 0 Å². The minimum atomic E-state index is -1.78. The molecule has 1 aromatic heterocycles. The molecule has 0 unspecified atom stereocenters. The molecule has 9 atom stereocenters. The highest BCUT2D eigenvalue weighted by atomic mass is 16.8. The van der Waals surface area contributed by atoms with Crippen molar-refractivity contribution in [2.75, 3.05) is 13.2 Å². The average Bonchev–Trinajstić information content (AvgIpc) is 3.17. The first-order valence-corrected chi connectivity index (χ1v) is 19.4. The van der Waals surface area contributed by atoms with Gasteiger partial charge in [0.1, 0.15) is 40.6 Å². The van der Waals surface area contributed by atoms with Crippen molar-refractivity contribution in [3.05, 3.63) is 52.9 Å². The molecule has 5 rings (SSSR count). The van der Waals surface area contributed by atoms with Crippen LogP contribution < -0.4 is 19.6 Å². The first-order chi connectivity index (χ1) is 30.2. The van der Waals surface area contributed by atoms with Gasteiger partial charge in [0.05, 0.1) is 18.8 Å². The lowest BCUT2D eigenvalue weighted by atomic mass is 9.98. The third-order valence-corrected chi connectivity index (χ3v) is 8.97. The summed E-state index contributed by atoms with van der Waals surface area (Å²) in [6, 6.07) is 8.30. The van der Waals surface area contributed by atoms with E-state index in [1.165, 1.54) is 37.3 Å². The maximum atomic E-state index is 14.0. The number of benzene rings is 2. The molecule has 3 aromatic rings. The zero-order chi connectivity index (χ0) is 47.0. The summed E-state index contributed by atoms with van der Waals surface area (Å²) in [7, 11) is 0. The summed E-state index contributed by atoms with van der Waals surface area (Å²) in [5.41, 5.74) is -0.401. The second-order valence-electron chi connectivity index (χ2n) is 14.2. The largest absolute Gasteiger partial charge is 0.463 e. The molecule has 2 aromatic carbocycles. The third kappa shape index (κ3) is 12.4. The fraction of sp³-hybridized carbons (Fsp3) is 0.452. The van der Waals surface area contributed by atoms with Crippen molar-refractivity contribution in [3.63, 3.8) is 0 Å². The monoisotopic (exact) mass is 900 g/mol. The van der Waals surface area contributed by atoms with Crippen LogP contribution in [0.1, 0.15) is 55.4 Å². The molecule has 0 aliphatic carbocycles. The molecule has 0 radical (unpaired) electrons. The summed E-state index contributed by atoms with van der Waals surface area (Å²) >= 11 is 0. The van der Waals surface area contributed by atoms with E-state index in [1.54, 1.807) is 0 Å². The number of ether oxygens (including phenoxy) is 12. The minimum Gasteiger partial charge on any atom is -0.463 e. The van der Waals surface area contributed by atoms with E-state index in [1.807, 2.05) is 0 Å². The molecule has 2 fully saturated rings. The fourth-order valence-corrected chi connectivity index (χ4v) is 6.82. The Bertz CT molecular complexity index is 2330. The van der Waals surface area contributed by atoms with E-state index < -0.39 is 122 Å². The third-order valence-electron chi connectivity index (χ3n) is 8.97. The maximum absolute atomic E-state index is 14.0. The lowest BCUT2D eigenvalue weighted by Crippen LogP contribution is -2.64. The van der Waals surface area contributed by atoms with Crippen LogP contribution >= 0.6 is 0 Å². The standard InChI is InChI=1S/C42H44O22/c1-18(43)55-27-11-9-26(10-12-27)29-15-52-30-13-28(14-31(56-19(2)44)34(30)35(29)51)63-42-40(62-25(8)50)38(60-23(6)48)36(58-21(4)46)33(64-42)17-54-41-39(61-24(7)49)37(59-22(5)47)32(16-53-41)57-20(3)45/h9-15,32-33,36-42H,16-17H2,1-8H3/t32-,33-,36-,37+,38+,39-,40-,41-,42-/m0/s1. The molecular formula is C42H44O22. The Kier molecular flexibility index (Phi) is 15.8. The Morgan fingerprint density at radius 1 is 0.578 bits per heavy atom. The van der Waals surface area contributed by atoms with E-state index >= 15 is 0 Å². The molecule has 0 spiro atoms. The Morgan fingerprint density at radius 2 is 1.11 bits per heavy atom. The Hall–Kier alpha value is -6.91. The molecule has 3 heterocycles. The van der Waals surface area contributed by atoms with Gasteiger partial charge in [-0.15, -0.1) is 0 Å². The van der Waals surface area contributed by atoms with E-state index in [9.17, 15) is 43.2 Å². The van der Waals surface area contributed by atoms with Gasteiger partial charge in [-0.25, -0.2) is 0 Å². The van der Waals surface area contributed by atoms with E-state index in [2.05, 4.69) is 0 Å². The maximum Gasteiger partial charge on any atom is 0.308 e. The summed E-state index contributed by atoms with van der Waals surface area (Å²) in [4.78, 5) is 112. The molecule has 22 nitrogen and oxygen atoms in total. The van der Waals surface area contributed by atoms with Gasteiger partial charge in [-0.3, -0.25) is 43.2 Å². The molecule has 2 aliphatic rings. The first-order valence-electron chi connectivity index (χ1n) is 19.4. The number of carbonyl (C=O) groups is 8. The number of hydrogen-bond acceptors (Lipinski definition) is 22. The van der Waals surface area contributed by atoms with E-state index in [0.29, 0.717) is 5.56 Å². The van der Waals surface area contributed by atoms with Gasteiger partial charge in [0.2, 0.25) is 17.8 Å². The molecule has 22 heteroatoms. The predicted octanol–water partition coefficient (Wildman–Crippen LogP) is 2.38. The smallest absolute Gasteiger partial charge is 0.308 e. The van der Waals surface area contributed by atoms with Crippen LogP contribution in [-0.4, -0.2) is 116 Å². The molecule has 344 valence electrons. The van der Waals surface area contributed by atoms with Gasteiger partial charge in [0.25, 0.3) is 0 Å². The highest BCUT2D eigenvalue weighted by molar-refractivity contribution is 5.90. The van der Waals surface area contributed by atoms with Gasteiger partial charge in [-0.05, 0) is 17.7 Å². The van der Waals surface area contributed by atoms with Crippen LogP contribution in [0.4, 0.5) is 0 Å². The lowest BCUT2D eigenvalue weighted by molar-refractivity contribution is -0.313. The van der Waals surface area contributed by atoms with Crippen molar-refractivity contribution in [3.8, 4) is 28.4 Å². The normalized spacial score (nSPS) is 24.0. The Morgan fingerprint density at radius 3 is 1.67 bits per heavy atom. The topological polar surface area (TPSA) is 278 Å². The highest BCUT2D eigenvalue weighted by Crippen LogP contribution is 2.36. The lowest BCUT2D eigenvalue weighted by Gasteiger charge is -2.45. The number of hydrogen-bond donors (Lipinski definition) is 0. The summed E-state index contributed by atoms with van der Waals surface area (Å²) < 4.78 is 73.2. The minimum absolute atomic E-state index is 0.0389. The Labute approximate surface area is 363 Å². The van der Waals surface area contributed by atoms with Gasteiger partial charge in [0.15, 0.2) is 36.8 Å². The number of fused-ring (bicyclic) bond motifs is 1. The number of esters is 8. The van der Waals surface area contributed by atoms with E-state index in [0.717, 1.165) is 60.8 Å². The van der Waals surface area contributed by atoms with Crippen LogP contribution in [0.25, 0.3) is 22.1 Å². The van der Waals surface area contributed by atoms with Crippen LogP contribution in [0.3, 0.4) is 0 Å². The van der Waals surface area contributed by atoms with Crippen LogP contribution in [0.5, 0.6) is 17.2 Å². The summed E-state index contributed by atoms with van der Waals surface area (Å²) in [5.74, 6) is -6.93. The Balaban J connectivity index is 1.55. The second kappa shape index (κ2) is 21.0. The molecular weight excluding hydrogens is 856 g/mol. The second-order valence-corrected chi connectivity index (χ2v) is 14.2. The molecule has 0 bridgehead atoms. The molecule has 2 aliphatic heterocycles. The van der Waals surface area contributed by atoms with Gasteiger partial charge in [-0.2, -0.15) is 0 Å². The SMILES string of the molecule is CC(=O)Oc1ccc(-c2coc3cc(O[C@H]4O[C@@H](CO[C@@H]5OC[C@H](OC(C)=O)[C@@H](OC(C)=O)[C@@H]5OC(C)=O)[C@H](OC(C)=O)[C@@H](OC(C)=O)[C@@H]4OC(C)=O)cc(OC(C)=O)c3c2=O)cc1.